The van der Waals surface area contributed by atoms with Crippen molar-refractivity contribution in [2.75, 3.05) is 0 Å². The molecule has 0 saturated heterocycles. The molecule has 1 heterocycles. The molecular formula is C10H14N2O2. The van der Waals surface area contributed by atoms with Crippen LogP contribution in [0.4, 0.5) is 0 Å². The fraction of sp³-hybridized carbons (Fsp3) is 0.500. The lowest BCUT2D eigenvalue weighted by Gasteiger charge is -2.09. The number of aliphatic carboxylic acids is 1. The average Bonchev–Trinajstić information content (AvgIpc) is 2.11. The minimum Gasteiger partial charge on any atom is -0.481 e. The van der Waals surface area contributed by atoms with Gasteiger partial charge in [0, 0.05) is 11.9 Å². The smallest absolute Gasteiger partial charge is 0.314 e. The normalized spacial score (nSPS) is 12.5. The van der Waals surface area contributed by atoms with Crippen LogP contribution >= 0.6 is 0 Å². The summed E-state index contributed by atoms with van der Waals surface area (Å²) < 4.78 is 0. The molecular weight excluding hydrogens is 180 g/mol. The van der Waals surface area contributed by atoms with Crippen LogP contribution in [-0.4, -0.2) is 21.0 Å². The van der Waals surface area contributed by atoms with E-state index < -0.39 is 11.9 Å². The molecule has 0 aromatic carbocycles. The first-order valence-electron chi connectivity index (χ1n) is 4.59. The molecule has 0 saturated carbocycles. The van der Waals surface area contributed by atoms with Gasteiger partial charge in [-0.25, -0.2) is 9.97 Å². The van der Waals surface area contributed by atoms with E-state index >= 15 is 0 Å². The van der Waals surface area contributed by atoms with Crippen LogP contribution in [0, 0.1) is 13.8 Å². The van der Waals surface area contributed by atoms with Gasteiger partial charge in [0.1, 0.15) is 11.7 Å². The first-order valence-corrected chi connectivity index (χ1v) is 4.59. The van der Waals surface area contributed by atoms with Crippen molar-refractivity contribution in [1.29, 1.82) is 0 Å². The lowest BCUT2D eigenvalue weighted by atomic mass is 10.1. The van der Waals surface area contributed by atoms with Crippen LogP contribution in [0.5, 0.6) is 0 Å². The quantitative estimate of drug-likeness (QED) is 0.795. The third-order valence-corrected chi connectivity index (χ3v) is 2.26. The van der Waals surface area contributed by atoms with E-state index in [0.29, 0.717) is 12.2 Å². The Hall–Kier alpha value is -1.45. The maximum Gasteiger partial charge on any atom is 0.314 e. The molecule has 1 aromatic rings. The minimum atomic E-state index is -0.865. The predicted molar refractivity (Wildman–Crippen MR) is 52.2 cm³/mol. The van der Waals surface area contributed by atoms with E-state index in [0.717, 1.165) is 11.3 Å². The predicted octanol–water partition coefficient (Wildman–Crippen LogP) is 1.67. The number of hydrogen-bond donors (Lipinski definition) is 1. The van der Waals surface area contributed by atoms with Gasteiger partial charge in [-0.05, 0) is 25.8 Å². The van der Waals surface area contributed by atoms with E-state index in [9.17, 15) is 4.79 Å². The van der Waals surface area contributed by atoms with E-state index in [1.807, 2.05) is 20.8 Å². The highest BCUT2D eigenvalue weighted by atomic mass is 16.4. The zero-order valence-corrected chi connectivity index (χ0v) is 8.61. The molecule has 0 spiro atoms. The summed E-state index contributed by atoms with van der Waals surface area (Å²) in [7, 11) is 0. The molecule has 4 heteroatoms. The van der Waals surface area contributed by atoms with Gasteiger partial charge in [0.15, 0.2) is 0 Å². The molecule has 0 radical (unpaired) electrons. The van der Waals surface area contributed by atoms with Crippen LogP contribution in [0.1, 0.15) is 36.3 Å². The van der Waals surface area contributed by atoms with Gasteiger partial charge in [0.25, 0.3) is 0 Å². The summed E-state index contributed by atoms with van der Waals surface area (Å²) in [5.74, 6) is -1.05. The molecule has 1 N–H and O–H groups in total. The Labute approximate surface area is 83.0 Å². The highest BCUT2D eigenvalue weighted by molar-refractivity contribution is 5.74. The van der Waals surface area contributed by atoms with Gasteiger partial charge in [0.2, 0.25) is 0 Å². The molecule has 1 unspecified atom stereocenters. The fourth-order valence-corrected chi connectivity index (χ4v) is 1.18. The van der Waals surface area contributed by atoms with Gasteiger partial charge in [0.05, 0.1) is 0 Å². The third kappa shape index (κ3) is 2.07. The fourth-order valence-electron chi connectivity index (χ4n) is 1.18. The van der Waals surface area contributed by atoms with Crippen LogP contribution in [0.2, 0.25) is 0 Å². The van der Waals surface area contributed by atoms with Gasteiger partial charge >= 0.3 is 5.97 Å². The van der Waals surface area contributed by atoms with Crippen molar-refractivity contribution in [3.05, 3.63) is 23.3 Å². The van der Waals surface area contributed by atoms with Crippen LogP contribution in [-0.2, 0) is 4.79 Å². The summed E-state index contributed by atoms with van der Waals surface area (Å²) in [6.07, 6.45) is 2.18. The minimum absolute atomic E-state index is 0.406. The molecule has 0 aliphatic carbocycles. The lowest BCUT2D eigenvalue weighted by Crippen LogP contribution is -2.14. The van der Waals surface area contributed by atoms with E-state index in [4.69, 9.17) is 5.11 Å². The second-order valence-corrected chi connectivity index (χ2v) is 3.30. The number of carboxylic acids is 1. The number of rotatable bonds is 3. The van der Waals surface area contributed by atoms with Crippen molar-refractivity contribution < 1.29 is 9.90 Å². The number of nitrogens with zero attached hydrogens (tertiary/aromatic N) is 2. The summed E-state index contributed by atoms with van der Waals surface area (Å²) in [5.41, 5.74) is 1.82. The second kappa shape index (κ2) is 4.17. The lowest BCUT2D eigenvalue weighted by molar-refractivity contribution is -0.139. The molecule has 0 amide bonds. The molecule has 4 nitrogen and oxygen atoms in total. The molecule has 14 heavy (non-hydrogen) atoms. The Morgan fingerprint density at radius 3 is 2.64 bits per heavy atom. The van der Waals surface area contributed by atoms with Crippen molar-refractivity contribution in [3.8, 4) is 0 Å². The summed E-state index contributed by atoms with van der Waals surface area (Å²) in [6.45, 7) is 5.58. The number of hydrogen-bond acceptors (Lipinski definition) is 3. The van der Waals surface area contributed by atoms with Gasteiger partial charge in [-0.15, -0.1) is 0 Å². The van der Waals surface area contributed by atoms with Crippen molar-refractivity contribution in [2.24, 2.45) is 0 Å². The van der Waals surface area contributed by atoms with Gasteiger partial charge < -0.3 is 5.11 Å². The zero-order chi connectivity index (χ0) is 10.7. The SMILES string of the molecule is CCC(C(=O)O)c1ncc(C)c(C)n1. The Balaban J connectivity index is 3.06. The highest BCUT2D eigenvalue weighted by Gasteiger charge is 2.20. The van der Waals surface area contributed by atoms with Gasteiger partial charge in [-0.1, -0.05) is 6.92 Å². The average molecular weight is 194 g/mol. The van der Waals surface area contributed by atoms with Crippen molar-refractivity contribution in [2.45, 2.75) is 33.1 Å². The van der Waals surface area contributed by atoms with Crippen LogP contribution in [0.3, 0.4) is 0 Å². The molecule has 1 aromatic heterocycles. The molecule has 1 atom stereocenters. The number of aryl methyl sites for hydroxylation is 2. The molecule has 0 bridgehead atoms. The van der Waals surface area contributed by atoms with E-state index in [1.54, 1.807) is 6.20 Å². The maximum atomic E-state index is 10.8. The van der Waals surface area contributed by atoms with E-state index in [1.165, 1.54) is 0 Å². The first-order chi connectivity index (χ1) is 6.56. The topological polar surface area (TPSA) is 63.1 Å². The van der Waals surface area contributed by atoms with Crippen molar-refractivity contribution in [3.63, 3.8) is 0 Å². The Kier molecular flexibility index (Phi) is 3.17. The summed E-state index contributed by atoms with van der Waals surface area (Å²) in [5, 5.41) is 8.91. The van der Waals surface area contributed by atoms with Crippen molar-refractivity contribution >= 4 is 5.97 Å². The summed E-state index contributed by atoms with van der Waals surface area (Å²) in [6, 6.07) is 0. The Morgan fingerprint density at radius 1 is 1.57 bits per heavy atom. The molecule has 76 valence electrons. The molecule has 0 aliphatic rings. The standard InChI is InChI=1S/C10H14N2O2/c1-4-8(10(13)14)9-11-5-6(2)7(3)12-9/h5,8H,4H2,1-3H3,(H,13,14). The van der Waals surface area contributed by atoms with E-state index in [2.05, 4.69) is 9.97 Å². The molecule has 0 fully saturated rings. The van der Waals surface area contributed by atoms with Crippen LogP contribution in [0.25, 0.3) is 0 Å². The Morgan fingerprint density at radius 2 is 2.21 bits per heavy atom. The van der Waals surface area contributed by atoms with Gasteiger partial charge in [-0.3, -0.25) is 4.79 Å². The molecule has 1 rings (SSSR count). The van der Waals surface area contributed by atoms with Crippen LogP contribution < -0.4 is 0 Å². The number of carboxylic acid groups (broad SMARTS) is 1. The molecule has 0 aliphatic heterocycles. The summed E-state index contributed by atoms with van der Waals surface area (Å²) in [4.78, 5) is 19.1. The monoisotopic (exact) mass is 194 g/mol. The van der Waals surface area contributed by atoms with E-state index in [-0.39, 0.29) is 0 Å². The van der Waals surface area contributed by atoms with Gasteiger partial charge in [-0.2, -0.15) is 0 Å². The van der Waals surface area contributed by atoms with Crippen LogP contribution in [0.15, 0.2) is 6.20 Å². The maximum absolute atomic E-state index is 10.8. The Bertz CT molecular complexity index is 350. The first kappa shape index (κ1) is 10.6. The largest absolute Gasteiger partial charge is 0.481 e. The summed E-state index contributed by atoms with van der Waals surface area (Å²) >= 11 is 0. The number of aromatic nitrogens is 2. The van der Waals surface area contributed by atoms with Crippen molar-refractivity contribution in [1.82, 2.24) is 9.97 Å². The highest BCUT2D eigenvalue weighted by Crippen LogP contribution is 2.16. The zero-order valence-electron chi connectivity index (χ0n) is 8.61. The number of carbonyl (C=O) groups is 1. The third-order valence-electron chi connectivity index (χ3n) is 2.26. The second-order valence-electron chi connectivity index (χ2n) is 3.30.